The summed E-state index contributed by atoms with van der Waals surface area (Å²) in [6.07, 6.45) is 2.56. The number of rotatable bonds is 9. The Bertz CT molecular complexity index is 1050. The minimum Gasteiger partial charge on any atom is -0.497 e. The summed E-state index contributed by atoms with van der Waals surface area (Å²) in [6.45, 7) is 1.79. The summed E-state index contributed by atoms with van der Waals surface area (Å²) < 4.78 is 50.1. The van der Waals surface area contributed by atoms with Crippen molar-refractivity contribution in [2.45, 2.75) is 62.4 Å². The fourth-order valence-electron chi connectivity index (χ4n) is 5.38. The van der Waals surface area contributed by atoms with E-state index in [9.17, 15) is 23.3 Å². The second kappa shape index (κ2) is 10.6. The van der Waals surface area contributed by atoms with E-state index in [0.29, 0.717) is 29.8 Å². The summed E-state index contributed by atoms with van der Waals surface area (Å²) in [5, 5.41) is 10.2. The summed E-state index contributed by atoms with van der Waals surface area (Å²) >= 11 is 0. The molecule has 0 saturated heterocycles. The van der Waals surface area contributed by atoms with Gasteiger partial charge in [0.25, 0.3) is 0 Å². The maximum Gasteiger partial charge on any atom is 0.249 e. The van der Waals surface area contributed by atoms with Gasteiger partial charge in [0, 0.05) is 19.5 Å². The average Bonchev–Trinajstić information content (AvgIpc) is 2.80. The highest BCUT2D eigenvalue weighted by Gasteiger charge is 2.46. The summed E-state index contributed by atoms with van der Waals surface area (Å²) in [5.74, 6) is -0.514. The molecule has 2 aromatic rings. The van der Waals surface area contributed by atoms with Gasteiger partial charge in [-0.25, -0.2) is 8.78 Å². The third-order valence-corrected chi connectivity index (χ3v) is 8.37. The van der Waals surface area contributed by atoms with Gasteiger partial charge in [-0.05, 0) is 84.4 Å². The molecule has 2 aromatic carbocycles. The second-order valence-electron chi connectivity index (χ2n) is 10.3. The first-order chi connectivity index (χ1) is 16.5. The fraction of sp³-hybridized carbons (Fsp3) is 0.556. The van der Waals surface area contributed by atoms with Gasteiger partial charge in [-0.3, -0.25) is 4.57 Å². The van der Waals surface area contributed by atoms with Crippen LogP contribution in [0, 0.1) is 5.92 Å². The molecule has 0 aliphatic heterocycles. The van der Waals surface area contributed by atoms with Gasteiger partial charge in [-0.1, -0.05) is 18.2 Å². The van der Waals surface area contributed by atoms with E-state index >= 15 is 0 Å². The molecule has 0 heterocycles. The number of ether oxygens (including phenoxy) is 2. The molecule has 0 bridgehead atoms. The van der Waals surface area contributed by atoms with E-state index in [0.717, 1.165) is 42.6 Å². The zero-order valence-electron chi connectivity index (χ0n) is 20.3. The van der Waals surface area contributed by atoms with Crippen LogP contribution in [0.25, 0.3) is 0 Å². The molecular weight excluding hydrogens is 473 g/mol. The van der Waals surface area contributed by atoms with Crippen LogP contribution in [0.15, 0.2) is 42.5 Å². The van der Waals surface area contributed by atoms with Crippen molar-refractivity contribution in [2.24, 2.45) is 5.92 Å². The predicted octanol–water partition coefficient (Wildman–Crippen LogP) is 6.49. The Morgan fingerprint density at radius 3 is 2.37 bits per heavy atom. The summed E-state index contributed by atoms with van der Waals surface area (Å²) in [7, 11) is -1.70. The van der Waals surface area contributed by atoms with Gasteiger partial charge >= 0.3 is 0 Å². The lowest BCUT2D eigenvalue weighted by Gasteiger charge is -2.38. The Kier molecular flexibility index (Phi) is 7.89. The number of benzene rings is 2. The van der Waals surface area contributed by atoms with Crippen molar-refractivity contribution in [2.75, 3.05) is 26.5 Å². The normalized spacial score (nSPS) is 24.7. The van der Waals surface area contributed by atoms with Crippen LogP contribution in [0.2, 0.25) is 0 Å². The largest absolute Gasteiger partial charge is 0.497 e. The van der Waals surface area contributed by atoms with Crippen LogP contribution in [0.3, 0.4) is 0 Å². The molecule has 2 aliphatic carbocycles. The van der Waals surface area contributed by atoms with E-state index in [1.807, 2.05) is 24.3 Å². The number of aliphatic hydroxyl groups excluding tert-OH is 1. The van der Waals surface area contributed by atoms with E-state index < -0.39 is 19.4 Å². The lowest BCUT2D eigenvalue weighted by atomic mass is 9.70. The van der Waals surface area contributed by atoms with Crippen molar-refractivity contribution in [3.8, 4) is 11.5 Å². The van der Waals surface area contributed by atoms with Gasteiger partial charge in [-0.15, -0.1) is 0 Å². The van der Waals surface area contributed by atoms with Gasteiger partial charge < -0.3 is 19.5 Å². The Morgan fingerprint density at radius 2 is 1.74 bits per heavy atom. The van der Waals surface area contributed by atoms with Crippen LogP contribution >= 0.6 is 7.37 Å². The van der Waals surface area contributed by atoms with Crippen LogP contribution < -0.4 is 9.47 Å². The Morgan fingerprint density at radius 1 is 1.03 bits per heavy atom. The molecule has 1 unspecified atom stereocenters. The number of hydrogen-bond donors (Lipinski definition) is 2. The van der Waals surface area contributed by atoms with Crippen LogP contribution in [0.5, 0.6) is 11.5 Å². The third kappa shape index (κ3) is 6.84. The fourth-order valence-corrected chi connectivity index (χ4v) is 6.23. The maximum absolute atomic E-state index is 13.5. The second-order valence-corrected chi connectivity index (χ2v) is 12.8. The number of halogens is 2. The van der Waals surface area contributed by atoms with Crippen LogP contribution in [0.4, 0.5) is 8.78 Å². The van der Waals surface area contributed by atoms with Gasteiger partial charge in [0.05, 0.1) is 26.0 Å². The Balaban J connectivity index is 1.34. The summed E-state index contributed by atoms with van der Waals surface area (Å²) in [5.41, 5.74) is 2.77. The van der Waals surface area contributed by atoms with Crippen LogP contribution in [-0.4, -0.2) is 42.5 Å². The van der Waals surface area contributed by atoms with E-state index in [2.05, 4.69) is 0 Å². The van der Waals surface area contributed by atoms with E-state index in [4.69, 9.17) is 9.47 Å². The number of alkyl halides is 2. The summed E-state index contributed by atoms with van der Waals surface area (Å²) in [6, 6.07) is 12.9. The van der Waals surface area contributed by atoms with Gasteiger partial charge in [0.1, 0.15) is 11.5 Å². The standard InChI is InChI=1S/C27H35F2O5P/c1-33-22-10-11-24(21-14-27(28,29)15-21)25(13-22)19-8-6-18(7-9-19)16-34-23-5-3-4-20(12-23)26(30)17-35(2,31)32/h3-5,10-13,18-19,21,26,30H,6-9,14-17H2,1-2H3,(H,31,32)/t18?,19?,26-/m1/s1. The molecule has 4 rings (SSSR count). The van der Waals surface area contributed by atoms with Crippen molar-refractivity contribution in [3.63, 3.8) is 0 Å². The topological polar surface area (TPSA) is 76.0 Å². The lowest BCUT2D eigenvalue weighted by molar-refractivity contribution is -0.0869. The molecular formula is C27H35F2O5P. The monoisotopic (exact) mass is 508 g/mol. The number of hydrogen-bond acceptors (Lipinski definition) is 4. The first-order valence-electron chi connectivity index (χ1n) is 12.3. The van der Waals surface area contributed by atoms with Crippen molar-refractivity contribution in [1.29, 1.82) is 0 Å². The molecule has 0 radical (unpaired) electrons. The predicted molar refractivity (Wildman–Crippen MR) is 132 cm³/mol. The average molecular weight is 509 g/mol. The van der Waals surface area contributed by atoms with Crippen molar-refractivity contribution in [3.05, 3.63) is 59.2 Å². The highest BCUT2D eigenvalue weighted by Crippen LogP contribution is 2.51. The minimum atomic E-state index is -3.33. The highest BCUT2D eigenvalue weighted by molar-refractivity contribution is 7.57. The third-order valence-electron chi connectivity index (χ3n) is 7.35. The van der Waals surface area contributed by atoms with Gasteiger partial charge in [0.15, 0.2) is 0 Å². The van der Waals surface area contributed by atoms with Crippen LogP contribution in [-0.2, 0) is 4.57 Å². The number of methoxy groups -OCH3 is 1. The Hall–Kier alpha value is -1.95. The molecule has 5 nitrogen and oxygen atoms in total. The maximum atomic E-state index is 13.5. The van der Waals surface area contributed by atoms with Gasteiger partial charge in [0.2, 0.25) is 13.3 Å². The molecule has 0 amide bonds. The SMILES string of the molecule is COc1ccc(C2CC(F)(F)C2)c(C2CCC(COc3cccc([C@H](O)CP(C)(=O)O)c3)CC2)c1. The zero-order chi connectivity index (χ0) is 25.2. The van der Waals surface area contributed by atoms with E-state index in [1.54, 1.807) is 25.3 Å². The van der Waals surface area contributed by atoms with Crippen molar-refractivity contribution >= 4 is 7.37 Å². The smallest absolute Gasteiger partial charge is 0.249 e. The molecule has 2 fully saturated rings. The van der Waals surface area contributed by atoms with Crippen molar-refractivity contribution < 1.29 is 32.8 Å². The molecule has 2 saturated carbocycles. The molecule has 192 valence electrons. The molecule has 0 aromatic heterocycles. The minimum absolute atomic E-state index is 0.0720. The Labute approximate surface area is 205 Å². The van der Waals surface area contributed by atoms with Crippen molar-refractivity contribution in [1.82, 2.24) is 0 Å². The molecule has 2 aliphatic rings. The zero-order valence-corrected chi connectivity index (χ0v) is 21.2. The first kappa shape index (κ1) is 26.1. The lowest BCUT2D eigenvalue weighted by Crippen LogP contribution is -2.34. The van der Waals surface area contributed by atoms with E-state index in [-0.39, 0.29) is 24.9 Å². The quantitative estimate of drug-likeness (QED) is 0.379. The van der Waals surface area contributed by atoms with Gasteiger partial charge in [-0.2, -0.15) is 0 Å². The molecule has 8 heteroatoms. The molecule has 2 atom stereocenters. The van der Waals surface area contributed by atoms with E-state index in [1.165, 1.54) is 6.66 Å². The molecule has 35 heavy (non-hydrogen) atoms. The first-order valence-corrected chi connectivity index (χ1v) is 14.6. The molecule has 0 spiro atoms. The van der Waals surface area contributed by atoms with Crippen LogP contribution in [0.1, 0.15) is 73.2 Å². The molecule has 2 N–H and O–H groups in total. The summed E-state index contributed by atoms with van der Waals surface area (Å²) in [4.78, 5) is 9.54. The highest BCUT2D eigenvalue weighted by atomic mass is 31.2. The number of aliphatic hydroxyl groups is 1.